The Morgan fingerprint density at radius 3 is 2.36 bits per heavy atom. The van der Waals surface area contributed by atoms with Gasteiger partial charge in [-0.3, -0.25) is 4.79 Å². The second kappa shape index (κ2) is 7.29. The summed E-state index contributed by atoms with van der Waals surface area (Å²) in [7, 11) is 0. The number of nitrogens with one attached hydrogen (secondary N) is 1. The molecule has 0 bridgehead atoms. The van der Waals surface area contributed by atoms with Gasteiger partial charge in [0, 0.05) is 18.5 Å². The van der Waals surface area contributed by atoms with Gasteiger partial charge in [-0.25, -0.2) is 4.79 Å². The topological polar surface area (TPSA) is 55.4 Å². The number of hydrogen-bond acceptors (Lipinski definition) is 3. The van der Waals surface area contributed by atoms with Crippen LogP contribution in [0.1, 0.15) is 22.8 Å². The summed E-state index contributed by atoms with van der Waals surface area (Å²) in [5.41, 5.74) is 1.27. The van der Waals surface area contributed by atoms with E-state index >= 15 is 0 Å². The van der Waals surface area contributed by atoms with E-state index in [1.165, 1.54) is 19.1 Å². The summed E-state index contributed by atoms with van der Waals surface area (Å²) in [6.07, 6.45) is 0. The minimum atomic E-state index is -0.518. The Morgan fingerprint density at radius 2 is 1.77 bits per heavy atom. The maximum atomic E-state index is 12.0. The number of esters is 1. The van der Waals surface area contributed by atoms with Gasteiger partial charge in [-0.2, -0.15) is 0 Å². The van der Waals surface area contributed by atoms with E-state index in [0.29, 0.717) is 17.1 Å². The molecule has 0 radical (unpaired) electrons. The molecule has 0 saturated carbocycles. The molecule has 0 aromatic heterocycles. The third-order valence-corrected chi connectivity index (χ3v) is 3.36. The van der Waals surface area contributed by atoms with Crippen molar-refractivity contribution in [3.8, 4) is 5.75 Å². The molecule has 0 aliphatic carbocycles. The molecular formula is C16H13Cl2NO3. The minimum Gasteiger partial charge on any atom is -0.421 e. The number of hydrogen-bond donors (Lipinski definition) is 1. The average Bonchev–Trinajstić information content (AvgIpc) is 2.48. The van der Waals surface area contributed by atoms with Crippen molar-refractivity contribution in [1.29, 1.82) is 0 Å². The van der Waals surface area contributed by atoms with Crippen LogP contribution in [0.5, 0.6) is 5.75 Å². The molecule has 0 atom stereocenters. The highest BCUT2D eigenvalue weighted by Gasteiger charge is 2.11. The van der Waals surface area contributed by atoms with Crippen LogP contribution in [0.4, 0.5) is 0 Å². The molecule has 0 fully saturated rings. The molecule has 6 heteroatoms. The Labute approximate surface area is 138 Å². The van der Waals surface area contributed by atoms with Gasteiger partial charge in [-0.05, 0) is 35.9 Å². The van der Waals surface area contributed by atoms with E-state index < -0.39 is 5.97 Å². The predicted octanol–water partition coefficient (Wildman–Crippen LogP) is 3.85. The number of carbonyl (C=O) groups is 2. The zero-order valence-electron chi connectivity index (χ0n) is 11.7. The fraction of sp³-hybridized carbons (Fsp3) is 0.125. The predicted molar refractivity (Wildman–Crippen MR) is 85.4 cm³/mol. The van der Waals surface area contributed by atoms with E-state index in [1.807, 2.05) is 0 Å². The van der Waals surface area contributed by atoms with Crippen molar-refractivity contribution in [3.05, 3.63) is 63.6 Å². The number of carbonyl (C=O) groups excluding carboxylic acids is 2. The largest absolute Gasteiger partial charge is 0.421 e. The molecule has 2 aromatic carbocycles. The highest BCUT2D eigenvalue weighted by atomic mass is 35.5. The van der Waals surface area contributed by atoms with Crippen LogP contribution in [0.25, 0.3) is 0 Å². The second-order valence-electron chi connectivity index (χ2n) is 4.57. The zero-order valence-corrected chi connectivity index (χ0v) is 13.2. The Hall–Kier alpha value is -2.04. The van der Waals surface area contributed by atoms with Crippen LogP contribution >= 0.6 is 23.2 Å². The van der Waals surface area contributed by atoms with Crippen molar-refractivity contribution < 1.29 is 14.3 Å². The highest BCUT2D eigenvalue weighted by Crippen LogP contribution is 2.28. The van der Waals surface area contributed by atoms with Crippen molar-refractivity contribution in [2.75, 3.05) is 0 Å². The molecule has 114 valence electrons. The lowest BCUT2D eigenvalue weighted by Gasteiger charge is -2.07. The van der Waals surface area contributed by atoms with E-state index in [4.69, 9.17) is 27.9 Å². The van der Waals surface area contributed by atoms with Gasteiger partial charge >= 0.3 is 5.97 Å². The van der Waals surface area contributed by atoms with Gasteiger partial charge in [-0.1, -0.05) is 35.3 Å². The van der Waals surface area contributed by atoms with Crippen LogP contribution in [0.2, 0.25) is 10.0 Å². The molecule has 2 aromatic rings. The van der Waals surface area contributed by atoms with E-state index in [0.717, 1.165) is 5.56 Å². The molecule has 0 aliphatic rings. The zero-order chi connectivity index (χ0) is 16.1. The molecule has 22 heavy (non-hydrogen) atoms. The standard InChI is InChI=1S/C16H13Cl2NO3/c1-10(20)19-9-11-2-4-12(5-3-11)16(21)22-15-7-6-13(17)8-14(15)18/h2-8H,9H2,1H3,(H,19,20). The minimum absolute atomic E-state index is 0.110. The molecule has 0 unspecified atom stereocenters. The van der Waals surface area contributed by atoms with Crippen LogP contribution in [0.15, 0.2) is 42.5 Å². The van der Waals surface area contributed by atoms with E-state index in [-0.39, 0.29) is 16.7 Å². The normalized spacial score (nSPS) is 10.1. The fourth-order valence-corrected chi connectivity index (χ4v) is 2.15. The lowest BCUT2D eigenvalue weighted by atomic mass is 10.1. The van der Waals surface area contributed by atoms with Crippen molar-refractivity contribution in [2.24, 2.45) is 0 Å². The number of amides is 1. The first-order chi connectivity index (χ1) is 10.5. The summed E-state index contributed by atoms with van der Waals surface area (Å²) in [5, 5.41) is 3.41. The molecule has 1 amide bonds. The molecule has 2 rings (SSSR count). The average molecular weight is 338 g/mol. The summed E-state index contributed by atoms with van der Waals surface area (Å²) in [4.78, 5) is 22.9. The Morgan fingerprint density at radius 1 is 1.09 bits per heavy atom. The number of rotatable bonds is 4. The van der Waals surface area contributed by atoms with Gasteiger partial charge in [-0.15, -0.1) is 0 Å². The molecular weight excluding hydrogens is 325 g/mol. The number of halogens is 2. The molecule has 4 nitrogen and oxygen atoms in total. The summed E-state index contributed by atoms with van der Waals surface area (Å²) in [6, 6.07) is 11.4. The van der Waals surface area contributed by atoms with Crippen molar-refractivity contribution in [3.63, 3.8) is 0 Å². The van der Waals surface area contributed by atoms with Gasteiger partial charge in [0.05, 0.1) is 10.6 Å². The second-order valence-corrected chi connectivity index (χ2v) is 5.41. The van der Waals surface area contributed by atoms with Crippen LogP contribution < -0.4 is 10.1 Å². The summed E-state index contributed by atoms with van der Waals surface area (Å²) in [6.45, 7) is 1.86. The first kappa shape index (κ1) is 16.3. The Balaban J connectivity index is 2.04. The molecule has 0 aliphatic heterocycles. The smallest absolute Gasteiger partial charge is 0.343 e. The summed E-state index contributed by atoms with van der Waals surface area (Å²) >= 11 is 11.7. The number of benzene rings is 2. The lowest BCUT2D eigenvalue weighted by molar-refractivity contribution is -0.119. The summed E-state index contributed by atoms with van der Waals surface area (Å²) < 4.78 is 5.23. The van der Waals surface area contributed by atoms with Gasteiger partial charge in [0.25, 0.3) is 0 Å². The van der Waals surface area contributed by atoms with Gasteiger partial charge in [0.1, 0.15) is 5.75 Å². The monoisotopic (exact) mass is 337 g/mol. The van der Waals surface area contributed by atoms with Crippen LogP contribution in [-0.4, -0.2) is 11.9 Å². The summed E-state index contributed by atoms with van der Waals surface area (Å²) in [5.74, 6) is -0.380. The third kappa shape index (κ3) is 4.48. The van der Waals surface area contributed by atoms with Gasteiger partial charge in [0.2, 0.25) is 5.91 Å². The van der Waals surface area contributed by atoms with Crippen molar-refractivity contribution in [1.82, 2.24) is 5.32 Å². The first-order valence-corrected chi connectivity index (χ1v) is 7.22. The van der Waals surface area contributed by atoms with E-state index in [9.17, 15) is 9.59 Å². The van der Waals surface area contributed by atoms with E-state index in [1.54, 1.807) is 30.3 Å². The third-order valence-electron chi connectivity index (χ3n) is 2.83. The fourth-order valence-electron chi connectivity index (χ4n) is 1.70. The SMILES string of the molecule is CC(=O)NCc1ccc(C(=O)Oc2ccc(Cl)cc2Cl)cc1. The molecule has 0 saturated heterocycles. The van der Waals surface area contributed by atoms with E-state index in [2.05, 4.69) is 5.32 Å². The van der Waals surface area contributed by atoms with Crippen molar-refractivity contribution >= 4 is 35.1 Å². The molecule has 0 spiro atoms. The Bertz CT molecular complexity index is 699. The van der Waals surface area contributed by atoms with Crippen LogP contribution in [-0.2, 0) is 11.3 Å². The van der Waals surface area contributed by atoms with Crippen LogP contribution in [0.3, 0.4) is 0 Å². The van der Waals surface area contributed by atoms with Crippen molar-refractivity contribution in [2.45, 2.75) is 13.5 Å². The maximum absolute atomic E-state index is 12.0. The van der Waals surface area contributed by atoms with Gasteiger partial charge < -0.3 is 10.1 Å². The van der Waals surface area contributed by atoms with Gasteiger partial charge in [0.15, 0.2) is 0 Å². The Kier molecular flexibility index (Phi) is 5.41. The lowest BCUT2D eigenvalue weighted by Crippen LogP contribution is -2.19. The van der Waals surface area contributed by atoms with Crippen LogP contribution in [0, 0.1) is 0 Å². The first-order valence-electron chi connectivity index (χ1n) is 6.46. The molecule has 0 heterocycles. The molecule has 1 N–H and O–H groups in total. The highest BCUT2D eigenvalue weighted by molar-refractivity contribution is 6.35. The number of ether oxygens (including phenoxy) is 1. The quantitative estimate of drug-likeness (QED) is 0.681. The maximum Gasteiger partial charge on any atom is 0.343 e.